The van der Waals surface area contributed by atoms with Crippen molar-refractivity contribution in [3.05, 3.63) is 6.92 Å². The van der Waals surface area contributed by atoms with Crippen LogP contribution in [0, 0.1) is 6.92 Å². The van der Waals surface area contributed by atoms with Crippen molar-refractivity contribution in [3.63, 3.8) is 0 Å². The van der Waals surface area contributed by atoms with Gasteiger partial charge in [0, 0.05) is 0 Å². The Hall–Kier alpha value is 0.708. The van der Waals surface area contributed by atoms with E-state index in [0.717, 1.165) is 18.7 Å². The Bertz CT molecular complexity index is 58.1. The maximum absolute atomic E-state index is 3.93. The molecule has 1 nitrogen and oxygen atoms in total. The van der Waals surface area contributed by atoms with E-state index in [0.29, 0.717) is 0 Å². The maximum Gasteiger partial charge on any atom is 2.00 e. The van der Waals surface area contributed by atoms with Gasteiger partial charge >= 0.3 is 21.1 Å². The van der Waals surface area contributed by atoms with E-state index in [2.05, 4.69) is 24.4 Å². The standard InChI is InChI=1S/C6H11NS.W/c1-3-5-7-6-8-4-2;/h1,3-5H2,2H3;/q-2;+2. The van der Waals surface area contributed by atoms with Gasteiger partial charge in [0.25, 0.3) is 0 Å². The third-order valence-corrected chi connectivity index (χ3v) is 1.09. The van der Waals surface area contributed by atoms with Gasteiger partial charge in [0.2, 0.25) is 0 Å². The minimum Gasteiger partial charge on any atom is -0.495 e. The van der Waals surface area contributed by atoms with E-state index in [4.69, 9.17) is 0 Å². The summed E-state index contributed by atoms with van der Waals surface area (Å²) in [5, 5.41) is 0. The summed E-state index contributed by atoms with van der Waals surface area (Å²) in [7, 11) is 0. The summed E-state index contributed by atoms with van der Waals surface area (Å²) in [6.45, 7) is 6.53. The SMILES string of the molecule is [CH2-]CCN=[C-]SCC.[W+2]. The second-order valence-corrected chi connectivity index (χ2v) is 2.31. The van der Waals surface area contributed by atoms with Gasteiger partial charge in [-0.05, 0) is 12.3 Å². The van der Waals surface area contributed by atoms with Crippen molar-refractivity contribution in [1.82, 2.24) is 0 Å². The van der Waals surface area contributed by atoms with Crippen molar-refractivity contribution in [3.8, 4) is 0 Å². The Morgan fingerprint density at radius 1 is 1.67 bits per heavy atom. The fraction of sp³-hybridized carbons (Fsp3) is 0.667. The summed E-state index contributed by atoms with van der Waals surface area (Å²) in [5.41, 5.74) is 2.84. The first-order chi connectivity index (χ1) is 3.91. The molecule has 0 spiro atoms. The van der Waals surface area contributed by atoms with E-state index in [1.807, 2.05) is 0 Å². The average Bonchev–Trinajstić information content (AvgIpc) is 1.81. The van der Waals surface area contributed by atoms with Crippen molar-refractivity contribution in [2.24, 2.45) is 4.99 Å². The summed E-state index contributed by atoms with van der Waals surface area (Å²) in [4.78, 5) is 3.93. The molecule has 0 aromatic carbocycles. The Morgan fingerprint density at radius 2 is 2.33 bits per heavy atom. The normalized spacial score (nSPS) is 9.56. The quantitative estimate of drug-likeness (QED) is 0.438. The predicted octanol–water partition coefficient (Wildman–Crippen LogP) is 1.87. The van der Waals surface area contributed by atoms with Gasteiger partial charge in [0.15, 0.2) is 0 Å². The molecule has 0 aliphatic carbocycles. The first kappa shape index (κ1) is 12.4. The van der Waals surface area contributed by atoms with Crippen molar-refractivity contribution >= 4 is 17.3 Å². The van der Waals surface area contributed by atoms with E-state index < -0.39 is 0 Å². The Labute approximate surface area is 76.0 Å². The largest absolute Gasteiger partial charge is 2.00 e. The molecule has 0 aliphatic heterocycles. The summed E-state index contributed by atoms with van der Waals surface area (Å²) < 4.78 is 0. The molecule has 0 fully saturated rings. The third kappa shape index (κ3) is 12.0. The topological polar surface area (TPSA) is 12.4 Å². The predicted molar refractivity (Wildman–Crippen MR) is 40.4 cm³/mol. The summed E-state index contributed by atoms with van der Waals surface area (Å²) in [5.74, 6) is 1.06. The van der Waals surface area contributed by atoms with Crippen LogP contribution in [0.25, 0.3) is 0 Å². The van der Waals surface area contributed by atoms with Crippen LogP contribution in [0.15, 0.2) is 4.99 Å². The zero-order valence-corrected chi connectivity index (χ0v) is 9.34. The smallest absolute Gasteiger partial charge is 0.495 e. The van der Waals surface area contributed by atoms with Gasteiger partial charge in [0.05, 0.1) is 0 Å². The minimum atomic E-state index is 0. The molecule has 0 aromatic heterocycles. The Morgan fingerprint density at radius 3 is 2.78 bits per heavy atom. The third-order valence-electron chi connectivity index (χ3n) is 0.543. The first-order valence-electron chi connectivity index (χ1n) is 2.74. The number of rotatable bonds is 4. The van der Waals surface area contributed by atoms with E-state index in [1.54, 1.807) is 11.8 Å². The van der Waals surface area contributed by atoms with E-state index in [1.165, 1.54) is 0 Å². The number of hydrogen-bond acceptors (Lipinski definition) is 2. The van der Waals surface area contributed by atoms with Crippen LogP contribution in [0.5, 0.6) is 0 Å². The van der Waals surface area contributed by atoms with Crippen LogP contribution in [0.3, 0.4) is 0 Å². The van der Waals surface area contributed by atoms with Crippen LogP contribution in [0.2, 0.25) is 0 Å². The maximum atomic E-state index is 3.93. The van der Waals surface area contributed by atoms with Crippen molar-refractivity contribution in [1.29, 1.82) is 0 Å². The molecule has 0 amide bonds. The van der Waals surface area contributed by atoms with Crippen LogP contribution >= 0.6 is 11.8 Å². The van der Waals surface area contributed by atoms with Crippen LogP contribution in [0.1, 0.15) is 13.3 Å². The zero-order chi connectivity index (χ0) is 6.24. The summed E-state index contributed by atoms with van der Waals surface area (Å²) >= 11 is 1.60. The molecule has 9 heavy (non-hydrogen) atoms. The number of aliphatic imine (C=N–C) groups is 1. The van der Waals surface area contributed by atoms with Crippen LogP contribution < -0.4 is 0 Å². The van der Waals surface area contributed by atoms with Crippen LogP contribution in [-0.2, 0) is 21.1 Å². The molecule has 3 heteroatoms. The zero-order valence-electron chi connectivity index (χ0n) is 5.59. The van der Waals surface area contributed by atoms with E-state index in [9.17, 15) is 0 Å². The fourth-order valence-corrected chi connectivity index (χ4v) is 0.547. The second-order valence-electron chi connectivity index (χ2n) is 1.26. The average molecular weight is 313 g/mol. The van der Waals surface area contributed by atoms with Crippen molar-refractivity contribution in [2.45, 2.75) is 13.3 Å². The molecule has 0 N–H and O–H groups in total. The molecule has 52 valence electrons. The van der Waals surface area contributed by atoms with Crippen molar-refractivity contribution in [2.75, 3.05) is 12.3 Å². The molecule has 0 aromatic rings. The van der Waals surface area contributed by atoms with Crippen molar-refractivity contribution < 1.29 is 21.1 Å². The Balaban J connectivity index is 0. The van der Waals surface area contributed by atoms with Crippen LogP contribution in [-0.4, -0.2) is 17.8 Å². The first-order valence-corrected chi connectivity index (χ1v) is 3.73. The minimum absolute atomic E-state index is 0. The monoisotopic (exact) mass is 313 g/mol. The molecule has 0 bridgehead atoms. The molecule has 0 radical (unpaired) electrons. The molecule has 0 rings (SSSR count). The molecule has 0 saturated heterocycles. The van der Waals surface area contributed by atoms with E-state index >= 15 is 0 Å². The van der Waals surface area contributed by atoms with E-state index in [-0.39, 0.29) is 21.1 Å². The number of nitrogens with zero attached hydrogens (tertiary/aromatic N) is 1. The molecule has 0 aliphatic rings. The van der Waals surface area contributed by atoms with Gasteiger partial charge in [-0.2, -0.15) is 6.42 Å². The van der Waals surface area contributed by atoms with Gasteiger partial charge in [0.1, 0.15) is 0 Å². The van der Waals surface area contributed by atoms with Gasteiger partial charge < -0.3 is 29.2 Å². The van der Waals surface area contributed by atoms with Gasteiger partial charge in [-0.25, -0.2) is 0 Å². The van der Waals surface area contributed by atoms with Gasteiger partial charge in [-0.15, -0.1) is 0 Å². The molecular weight excluding hydrogens is 302 g/mol. The van der Waals surface area contributed by atoms with Gasteiger partial charge in [-0.1, -0.05) is 6.92 Å². The Kier molecular flexibility index (Phi) is 15.8. The number of hydrogen-bond donors (Lipinski definition) is 0. The number of thioether (sulfide) groups is 1. The molecule has 0 heterocycles. The summed E-state index contributed by atoms with van der Waals surface area (Å²) in [6.07, 6.45) is 0.872. The molecular formula is C6H11NSW. The molecule has 0 saturated carbocycles. The fourth-order valence-electron chi connectivity index (χ4n) is 0.235. The second kappa shape index (κ2) is 11.5. The van der Waals surface area contributed by atoms with Crippen LogP contribution in [0.4, 0.5) is 0 Å². The molecule has 0 atom stereocenters. The van der Waals surface area contributed by atoms with Gasteiger partial charge in [-0.3, -0.25) is 0 Å². The summed E-state index contributed by atoms with van der Waals surface area (Å²) in [6, 6.07) is 0. The molecule has 0 unspecified atom stereocenters.